The smallest absolute Gasteiger partial charge is 0.164 e. The average Bonchev–Trinajstić information content (AvgIpc) is 1.41. The summed E-state index contributed by atoms with van der Waals surface area (Å²) in [6.07, 6.45) is 0. The van der Waals surface area contributed by atoms with Crippen LogP contribution in [0.25, 0.3) is 255 Å². The molecule has 7 heterocycles. The Balaban J connectivity index is 0.000000116. The van der Waals surface area contributed by atoms with Crippen molar-refractivity contribution in [3.8, 4) is 124 Å². The number of hydrogen-bond acceptors (Lipinski definition) is 5. The molecule has 0 fully saturated rings. The van der Waals surface area contributed by atoms with Gasteiger partial charge in [0.2, 0.25) is 0 Å². The molecule has 0 aliphatic carbocycles. The Morgan fingerprint density at radius 2 is 0.434 bits per heavy atom. The molecule has 688 valence electrons. The lowest BCUT2D eigenvalue weighted by Crippen LogP contribution is -2.01. The van der Waals surface area contributed by atoms with E-state index in [9.17, 15) is 0 Å². The second kappa shape index (κ2) is 38.9. The van der Waals surface area contributed by atoms with Crippen molar-refractivity contribution in [1.29, 1.82) is 0 Å². The van der Waals surface area contributed by atoms with Crippen LogP contribution in [0, 0.1) is 0 Å². The summed E-state index contributed by atoms with van der Waals surface area (Å²) in [5.74, 6) is 1.92. The number of rotatable bonds is 13. The third-order valence-electron chi connectivity index (χ3n) is 27.5. The van der Waals surface area contributed by atoms with Crippen molar-refractivity contribution in [2.45, 2.75) is 7.43 Å². The Hall–Kier alpha value is -18.0. The number of hydrogen-bond donors (Lipinski definition) is 0. The fourth-order valence-electron chi connectivity index (χ4n) is 20.9. The molecule has 0 N–H and O–H groups in total. The molecule has 0 spiro atoms. The summed E-state index contributed by atoms with van der Waals surface area (Å²) in [4.78, 5) is 25.8. The quantitative estimate of drug-likeness (QED) is 0.0848. The molecule has 21 aromatic carbocycles. The Kier molecular flexibility index (Phi) is 24.1. The Morgan fingerprint density at radius 3 is 0.814 bits per heavy atom. The zero-order chi connectivity index (χ0) is 96.1. The molecule has 7 aromatic heterocycles. The second-order valence-electron chi connectivity index (χ2n) is 36.7. The van der Waals surface area contributed by atoms with Crippen LogP contribution in [0.1, 0.15) is 7.43 Å². The number of benzene rings is 21. The predicted octanol–water partition coefficient (Wildman–Crippen LogP) is 36.2. The van der Waals surface area contributed by atoms with Gasteiger partial charge in [-0.3, -0.25) is 0 Å². The molecule has 9 nitrogen and oxygen atoms in total. The highest BCUT2D eigenvalue weighted by Crippen LogP contribution is 2.46. The molecular weight excluding hydrogens is 1800 g/mol. The molecule has 28 rings (SSSR count). The van der Waals surface area contributed by atoms with Crippen LogP contribution in [0.2, 0.25) is 0 Å². The van der Waals surface area contributed by atoms with Gasteiger partial charge in [0.1, 0.15) is 0 Å². The normalized spacial score (nSPS) is 11.4. The number of para-hydroxylation sites is 7. The van der Waals surface area contributed by atoms with Gasteiger partial charge in [-0.25, -0.2) is 24.9 Å². The van der Waals surface area contributed by atoms with Crippen LogP contribution in [0.4, 0.5) is 0 Å². The first-order valence-electron chi connectivity index (χ1n) is 48.7. The van der Waals surface area contributed by atoms with E-state index >= 15 is 0 Å². The van der Waals surface area contributed by atoms with Crippen LogP contribution in [-0.4, -0.2) is 56.5 Å². The van der Waals surface area contributed by atoms with E-state index in [1.807, 2.05) is 60.7 Å². The van der Waals surface area contributed by atoms with Crippen LogP contribution in [0.5, 0.6) is 0 Å². The largest absolute Gasteiger partial charge is 0.309 e. The molecule has 0 aliphatic rings. The van der Waals surface area contributed by atoms with Crippen LogP contribution < -0.4 is 0 Å². The predicted molar refractivity (Wildman–Crippen MR) is 620 cm³/mol. The molecule has 28 aromatic rings. The highest BCUT2D eigenvalue weighted by atomic mass is 32.0. The van der Waals surface area contributed by atoms with Gasteiger partial charge in [0.25, 0.3) is 0 Å². The van der Waals surface area contributed by atoms with Gasteiger partial charge in [0.15, 0.2) is 17.5 Å². The summed E-state index contributed by atoms with van der Waals surface area (Å²) < 4.78 is 9.46. The fraction of sp³-hybridized carbons (Fsp3) is 0.0224. The lowest BCUT2D eigenvalue weighted by Gasteiger charge is -2.16. The molecule has 1 atom stereocenters. The Morgan fingerprint density at radius 1 is 0.172 bits per heavy atom. The number of aromatic nitrogens is 9. The minimum absolute atomic E-state index is 0. The first kappa shape index (κ1) is 89.6. The fourth-order valence-corrected chi connectivity index (χ4v) is 20.9. The van der Waals surface area contributed by atoms with E-state index in [0.29, 0.717) is 25.1 Å². The monoisotopic (exact) mass is 1890 g/mol. The Labute approximate surface area is 844 Å². The maximum absolute atomic E-state index is 5.42. The van der Waals surface area contributed by atoms with Crippen LogP contribution in [-0.2, 0) is 0 Å². The van der Waals surface area contributed by atoms with E-state index in [1.54, 1.807) is 0 Å². The van der Waals surface area contributed by atoms with E-state index in [4.69, 9.17) is 24.9 Å². The maximum Gasteiger partial charge on any atom is 0.164 e. The minimum Gasteiger partial charge on any atom is -0.309 e. The van der Waals surface area contributed by atoms with Gasteiger partial charge >= 0.3 is 0 Å². The van der Waals surface area contributed by atoms with Crippen molar-refractivity contribution in [3.63, 3.8) is 0 Å². The van der Waals surface area contributed by atoms with Crippen LogP contribution in [0.3, 0.4) is 0 Å². The second-order valence-corrected chi connectivity index (χ2v) is 41.7. The summed E-state index contributed by atoms with van der Waals surface area (Å²) >= 11 is 0. The zero-order valence-electron chi connectivity index (χ0n) is 79.1. The molecule has 1 unspecified atom stereocenters. The van der Waals surface area contributed by atoms with Crippen molar-refractivity contribution in [2.24, 2.45) is 0 Å². The molecule has 145 heavy (non-hydrogen) atoms. The first-order chi connectivity index (χ1) is 71.1. The van der Waals surface area contributed by atoms with Crippen LogP contribution in [0.15, 0.2) is 516 Å². The van der Waals surface area contributed by atoms with E-state index in [1.165, 1.54) is 126 Å². The topological polar surface area (TPSA) is 84.2 Å². The molecular formula is C134H97N9P2. The third-order valence-corrected chi connectivity index (χ3v) is 27.5. The standard InChI is InChI=1S/C51H33N5.C44H28N2.C36H24N2.C2H8P2.CH4/c1-4-15-34(16-5-1)49-52-50(35-17-6-2-7-18-35)54-51(53-49)38-19-14-22-40(31-38)56-45-25-12-10-23-41(45)43-29-27-37(33-48(43)56)36-28-30-47-44(32-36)42-24-11-13-26-46(42)55(47)39-20-8-3-9-21-39;1-3-13-31(14-4-1)39-27-41(35-21-19-29-11-7-9-17-33(29)25-35)45-43-37(39)23-24-38-40(32-15-5-2-6-16-32)28-42(46-44(38)43)36-22-20-30-12-8-10-18-34(30)26-36;1-3-11-27(12-4-1)37-33-17-9-7-15-29(33)31-23-25(19-21-35(31)37)26-20-22-36-32(24-26)30-16-8-10-18-34(30)38(36)28-13-5-2-6-14-28;1-4(2)3;/h1-33H;1-28H;1-24H;3H2,1-2H3;1H4. The SMILES string of the molecule is C.CP(C)P.c1ccc(-c2cc(-c3ccc4ccccc4c3)nc3c2ccc2c(-c4ccccc4)cc(-c4ccc5ccccc5c4)nc23)cc1.c1ccc(-c2nc(-c3ccccc3)nc(-c3cccc(-n4c5ccccc5c5ccc(-c6ccc7c(c6)c6ccccc6n7-c6ccccc6)cc54)c3)n2)cc1.c1ccc(-n2c3ccccc3c3cc(-c4ccc5c(c4)c4ccccc4n5-c4ccccc4)ccc32)cc1. The van der Waals surface area contributed by atoms with E-state index in [2.05, 4.69) is 496 Å². The van der Waals surface area contributed by atoms with Crippen molar-refractivity contribution in [3.05, 3.63) is 516 Å². The van der Waals surface area contributed by atoms with Gasteiger partial charge in [-0.05, 0) is 219 Å². The van der Waals surface area contributed by atoms with Crippen molar-refractivity contribution >= 4 is 147 Å². The Bertz CT molecular complexity index is 9350. The molecule has 0 saturated carbocycles. The van der Waals surface area contributed by atoms with Gasteiger partial charge in [0.05, 0.1) is 66.6 Å². The molecule has 0 bridgehead atoms. The van der Waals surface area contributed by atoms with Gasteiger partial charge in [-0.2, -0.15) is 0 Å². The summed E-state index contributed by atoms with van der Waals surface area (Å²) in [6.45, 7) is 4.39. The van der Waals surface area contributed by atoms with E-state index < -0.39 is 0 Å². The van der Waals surface area contributed by atoms with E-state index in [-0.39, 0.29) is 7.43 Å². The maximum atomic E-state index is 5.42. The third kappa shape index (κ3) is 17.1. The first-order valence-corrected chi connectivity index (χ1v) is 52.6. The summed E-state index contributed by atoms with van der Waals surface area (Å²) in [5, 5.41) is 17.0. The average molecular weight is 1900 g/mol. The van der Waals surface area contributed by atoms with Gasteiger partial charge < -0.3 is 18.3 Å². The molecule has 11 heteroatoms. The van der Waals surface area contributed by atoms with Crippen molar-refractivity contribution in [2.75, 3.05) is 13.3 Å². The minimum atomic E-state index is 0. The summed E-state index contributed by atoms with van der Waals surface area (Å²) in [5.41, 5.74) is 32.2. The molecule has 0 aliphatic heterocycles. The van der Waals surface area contributed by atoms with Gasteiger partial charge in [-0.1, -0.05) is 391 Å². The van der Waals surface area contributed by atoms with Crippen molar-refractivity contribution in [1.82, 2.24) is 43.2 Å². The molecule has 0 saturated heterocycles. The van der Waals surface area contributed by atoms with Gasteiger partial charge in [0, 0.05) is 104 Å². The number of nitrogens with zero attached hydrogens (tertiary/aromatic N) is 9. The summed E-state index contributed by atoms with van der Waals surface area (Å²) in [7, 11) is 3.02. The summed E-state index contributed by atoms with van der Waals surface area (Å²) in [6, 6.07) is 183. The molecule has 0 amide bonds. The number of fused-ring (bicyclic) bond motifs is 17. The van der Waals surface area contributed by atoms with Crippen molar-refractivity contribution < 1.29 is 0 Å². The van der Waals surface area contributed by atoms with Gasteiger partial charge in [-0.15, -0.1) is 8.93 Å². The highest BCUT2D eigenvalue weighted by molar-refractivity contribution is 8.12. The lowest BCUT2D eigenvalue weighted by molar-refractivity contribution is 1.07. The highest BCUT2D eigenvalue weighted by Gasteiger charge is 2.24. The van der Waals surface area contributed by atoms with Crippen LogP contribution >= 0.6 is 16.5 Å². The zero-order valence-corrected chi connectivity index (χ0v) is 81.2. The number of pyridine rings is 2. The van der Waals surface area contributed by atoms with E-state index in [0.717, 1.165) is 111 Å². The lowest BCUT2D eigenvalue weighted by atomic mass is 9.93. The molecule has 0 radical (unpaired) electrons.